The highest BCUT2D eigenvalue weighted by Gasteiger charge is 2.16. The summed E-state index contributed by atoms with van der Waals surface area (Å²) in [6.45, 7) is 5.33. The van der Waals surface area contributed by atoms with Gasteiger partial charge in [0.2, 0.25) is 10.0 Å². The summed E-state index contributed by atoms with van der Waals surface area (Å²) in [4.78, 5) is 14.1. The van der Waals surface area contributed by atoms with Crippen molar-refractivity contribution in [1.82, 2.24) is 9.62 Å². The highest BCUT2D eigenvalue weighted by atomic mass is 35.5. The van der Waals surface area contributed by atoms with E-state index in [1.165, 1.54) is 12.1 Å². The molecule has 0 unspecified atom stereocenters. The molecule has 0 atom stereocenters. The van der Waals surface area contributed by atoms with Crippen molar-refractivity contribution in [3.63, 3.8) is 0 Å². The molecule has 0 fully saturated rings. The van der Waals surface area contributed by atoms with E-state index >= 15 is 0 Å². The molecule has 0 aliphatic rings. The van der Waals surface area contributed by atoms with Gasteiger partial charge in [-0.3, -0.25) is 4.79 Å². The molecule has 0 bridgehead atoms. The second-order valence-corrected chi connectivity index (χ2v) is 7.66. The van der Waals surface area contributed by atoms with Crippen molar-refractivity contribution in [2.75, 3.05) is 25.4 Å². The van der Waals surface area contributed by atoms with Crippen molar-refractivity contribution >= 4 is 34.0 Å². The van der Waals surface area contributed by atoms with Gasteiger partial charge < -0.3 is 10.6 Å². The molecule has 0 saturated carbocycles. The first kappa shape index (κ1) is 23.0. The maximum Gasteiger partial charge on any atom is 0.253 e. The highest BCUT2D eigenvalue weighted by Crippen LogP contribution is 2.13. The summed E-state index contributed by atoms with van der Waals surface area (Å²) in [6.07, 6.45) is 0.567. The number of benzene rings is 2. The molecule has 2 aromatic carbocycles. The molecule has 0 heterocycles. The van der Waals surface area contributed by atoms with Crippen molar-refractivity contribution in [3.05, 3.63) is 59.7 Å². The molecule has 8 heteroatoms. The Morgan fingerprint density at radius 1 is 1.00 bits per heavy atom. The highest BCUT2D eigenvalue weighted by molar-refractivity contribution is 7.89. The van der Waals surface area contributed by atoms with Crippen LogP contribution in [0.5, 0.6) is 0 Å². The first-order valence-corrected chi connectivity index (χ1v) is 10.1. The number of sulfonamides is 1. The number of rotatable bonds is 8. The van der Waals surface area contributed by atoms with Crippen LogP contribution in [0.3, 0.4) is 0 Å². The number of nitrogen functional groups attached to an aromatic ring is 1. The summed E-state index contributed by atoms with van der Waals surface area (Å²) in [5.74, 6) is -0.102. The summed E-state index contributed by atoms with van der Waals surface area (Å²) in [5.41, 5.74) is 7.79. The average molecular weight is 412 g/mol. The number of hydrogen-bond acceptors (Lipinski definition) is 4. The van der Waals surface area contributed by atoms with Crippen LogP contribution in [-0.2, 0) is 16.4 Å². The minimum absolute atomic E-state index is 0. The van der Waals surface area contributed by atoms with Crippen LogP contribution in [0.25, 0.3) is 0 Å². The Morgan fingerprint density at radius 2 is 1.56 bits per heavy atom. The number of carbonyl (C=O) groups excluding carboxylic acids is 1. The minimum atomic E-state index is -3.61. The van der Waals surface area contributed by atoms with Gasteiger partial charge in [0, 0.05) is 30.9 Å². The van der Waals surface area contributed by atoms with Gasteiger partial charge in [0.15, 0.2) is 0 Å². The van der Waals surface area contributed by atoms with Crippen LogP contribution in [0, 0.1) is 0 Å². The standard InChI is InChI=1S/C19H25N3O3S.ClH/c1-3-22(4-2)19(23)16-7-11-18(12-8-16)26(24,25)21-14-13-15-5-9-17(20)10-6-15;/h5-12,21H,3-4,13-14,20H2,1-2H3;1H. The largest absolute Gasteiger partial charge is 0.399 e. The Morgan fingerprint density at radius 3 is 2.07 bits per heavy atom. The Labute approximate surface area is 167 Å². The van der Waals surface area contributed by atoms with E-state index in [0.29, 0.717) is 30.8 Å². The van der Waals surface area contributed by atoms with E-state index in [1.807, 2.05) is 26.0 Å². The SMILES string of the molecule is CCN(CC)C(=O)c1ccc(S(=O)(=O)NCCc2ccc(N)cc2)cc1.Cl. The Bertz CT molecular complexity index is 834. The first-order valence-electron chi connectivity index (χ1n) is 8.60. The fourth-order valence-corrected chi connectivity index (χ4v) is 3.60. The smallest absolute Gasteiger partial charge is 0.253 e. The molecule has 2 aromatic rings. The molecule has 6 nitrogen and oxygen atoms in total. The second kappa shape index (κ2) is 10.3. The predicted octanol–water partition coefficient (Wildman–Crippen LogP) is 2.69. The van der Waals surface area contributed by atoms with Crippen LogP contribution in [-0.4, -0.2) is 38.9 Å². The number of nitrogens with two attached hydrogens (primary N) is 1. The molecule has 0 aliphatic carbocycles. The van der Waals surface area contributed by atoms with Gasteiger partial charge in [-0.15, -0.1) is 12.4 Å². The van der Waals surface area contributed by atoms with E-state index in [4.69, 9.17) is 5.73 Å². The molecule has 0 spiro atoms. The number of nitrogens with one attached hydrogen (secondary N) is 1. The van der Waals surface area contributed by atoms with E-state index in [9.17, 15) is 13.2 Å². The number of halogens is 1. The van der Waals surface area contributed by atoms with Crippen LogP contribution >= 0.6 is 12.4 Å². The second-order valence-electron chi connectivity index (χ2n) is 5.89. The van der Waals surface area contributed by atoms with Gasteiger partial charge in [0.05, 0.1) is 4.90 Å². The van der Waals surface area contributed by atoms with Gasteiger partial charge in [0.25, 0.3) is 5.91 Å². The number of amides is 1. The van der Waals surface area contributed by atoms with Crippen LogP contribution in [0.15, 0.2) is 53.4 Å². The quantitative estimate of drug-likeness (QED) is 0.653. The average Bonchev–Trinajstić information content (AvgIpc) is 2.64. The molecular weight excluding hydrogens is 386 g/mol. The van der Waals surface area contributed by atoms with E-state index in [0.717, 1.165) is 5.56 Å². The lowest BCUT2D eigenvalue weighted by atomic mass is 10.1. The minimum Gasteiger partial charge on any atom is -0.399 e. The van der Waals surface area contributed by atoms with Gasteiger partial charge in [-0.1, -0.05) is 12.1 Å². The van der Waals surface area contributed by atoms with Crippen LogP contribution < -0.4 is 10.5 Å². The molecule has 0 saturated heterocycles. The van der Waals surface area contributed by atoms with Gasteiger partial charge in [-0.2, -0.15) is 0 Å². The van der Waals surface area contributed by atoms with Gasteiger partial charge in [-0.25, -0.2) is 13.1 Å². The normalized spacial score (nSPS) is 10.9. The van der Waals surface area contributed by atoms with E-state index in [-0.39, 0.29) is 29.8 Å². The van der Waals surface area contributed by atoms with Crippen LogP contribution in [0.4, 0.5) is 5.69 Å². The third-order valence-electron chi connectivity index (χ3n) is 4.15. The predicted molar refractivity (Wildman–Crippen MR) is 111 cm³/mol. The molecule has 0 radical (unpaired) electrons. The maximum absolute atomic E-state index is 12.4. The Hall–Kier alpha value is -2.09. The lowest BCUT2D eigenvalue weighted by molar-refractivity contribution is 0.0773. The summed E-state index contributed by atoms with van der Waals surface area (Å²) in [6, 6.07) is 13.3. The van der Waals surface area contributed by atoms with Crippen molar-refractivity contribution in [2.24, 2.45) is 0 Å². The van der Waals surface area contributed by atoms with E-state index in [2.05, 4.69) is 4.72 Å². The van der Waals surface area contributed by atoms with Crippen molar-refractivity contribution in [2.45, 2.75) is 25.2 Å². The van der Waals surface area contributed by atoms with Gasteiger partial charge in [0.1, 0.15) is 0 Å². The first-order chi connectivity index (χ1) is 12.4. The van der Waals surface area contributed by atoms with Crippen molar-refractivity contribution < 1.29 is 13.2 Å². The molecule has 3 N–H and O–H groups in total. The zero-order chi connectivity index (χ0) is 19.2. The number of anilines is 1. The lowest BCUT2D eigenvalue weighted by Crippen LogP contribution is -2.30. The fraction of sp³-hybridized carbons (Fsp3) is 0.316. The summed E-state index contributed by atoms with van der Waals surface area (Å²) >= 11 is 0. The molecule has 27 heavy (non-hydrogen) atoms. The molecule has 0 aliphatic heterocycles. The zero-order valence-corrected chi connectivity index (χ0v) is 17.1. The van der Waals surface area contributed by atoms with Crippen LogP contribution in [0.2, 0.25) is 0 Å². The molecule has 148 valence electrons. The summed E-state index contributed by atoms with van der Waals surface area (Å²) in [7, 11) is -3.61. The summed E-state index contributed by atoms with van der Waals surface area (Å²) in [5, 5.41) is 0. The molecular formula is C19H26ClN3O3S. The Balaban J connectivity index is 0.00000364. The lowest BCUT2D eigenvalue weighted by Gasteiger charge is -2.18. The molecule has 1 amide bonds. The topological polar surface area (TPSA) is 92.5 Å². The third kappa shape index (κ3) is 6.23. The third-order valence-corrected chi connectivity index (χ3v) is 5.62. The number of nitrogens with zero attached hydrogens (tertiary/aromatic N) is 1. The number of carbonyl (C=O) groups is 1. The van der Waals surface area contributed by atoms with Gasteiger partial charge in [-0.05, 0) is 62.2 Å². The molecule has 0 aromatic heterocycles. The zero-order valence-electron chi connectivity index (χ0n) is 15.5. The monoisotopic (exact) mass is 411 g/mol. The van der Waals surface area contributed by atoms with Crippen molar-refractivity contribution in [3.8, 4) is 0 Å². The number of hydrogen-bond donors (Lipinski definition) is 2. The van der Waals surface area contributed by atoms with E-state index in [1.54, 1.807) is 29.2 Å². The Kier molecular flexibility index (Phi) is 8.75. The maximum atomic E-state index is 12.4. The van der Waals surface area contributed by atoms with Crippen molar-refractivity contribution in [1.29, 1.82) is 0 Å². The van der Waals surface area contributed by atoms with E-state index < -0.39 is 10.0 Å². The summed E-state index contributed by atoms with van der Waals surface area (Å²) < 4.78 is 27.3. The van der Waals surface area contributed by atoms with Crippen LogP contribution in [0.1, 0.15) is 29.8 Å². The fourth-order valence-electron chi connectivity index (χ4n) is 2.57. The molecule has 2 rings (SSSR count). The van der Waals surface area contributed by atoms with Gasteiger partial charge >= 0.3 is 0 Å².